The summed E-state index contributed by atoms with van der Waals surface area (Å²) in [7, 11) is 3.67. The monoisotopic (exact) mass is 368 g/mol. The summed E-state index contributed by atoms with van der Waals surface area (Å²) < 4.78 is 11.4. The first kappa shape index (κ1) is 21.5. The van der Waals surface area contributed by atoms with Gasteiger partial charge in [-0.25, -0.2) is 0 Å². The maximum Gasteiger partial charge on any atom is 0.191 e. The van der Waals surface area contributed by atoms with E-state index in [2.05, 4.69) is 55.1 Å². The number of likely N-dealkylation sites (tertiary alicyclic amines) is 1. The van der Waals surface area contributed by atoms with Crippen LogP contribution in [0.2, 0.25) is 0 Å². The molecule has 1 saturated carbocycles. The van der Waals surface area contributed by atoms with E-state index >= 15 is 0 Å². The van der Waals surface area contributed by atoms with Gasteiger partial charge < -0.3 is 25.0 Å². The Bertz CT molecular complexity index is 472. The number of hydrogen-bond donors (Lipinski definition) is 2. The van der Waals surface area contributed by atoms with Crippen LogP contribution in [0.25, 0.3) is 0 Å². The van der Waals surface area contributed by atoms with Crippen LogP contribution in [0.1, 0.15) is 53.9 Å². The van der Waals surface area contributed by atoms with Gasteiger partial charge in [-0.05, 0) is 40.0 Å². The van der Waals surface area contributed by atoms with Crippen LogP contribution in [0.15, 0.2) is 4.99 Å². The minimum atomic E-state index is -0.0626. The van der Waals surface area contributed by atoms with Crippen molar-refractivity contribution in [2.45, 2.75) is 77.7 Å². The average molecular weight is 369 g/mol. The van der Waals surface area contributed by atoms with Gasteiger partial charge in [0.1, 0.15) is 0 Å². The van der Waals surface area contributed by atoms with Crippen molar-refractivity contribution < 1.29 is 9.47 Å². The number of piperidine rings is 1. The van der Waals surface area contributed by atoms with E-state index in [0.29, 0.717) is 18.2 Å². The number of hydrogen-bond acceptors (Lipinski definition) is 4. The van der Waals surface area contributed by atoms with Gasteiger partial charge in [0.25, 0.3) is 0 Å². The van der Waals surface area contributed by atoms with Crippen molar-refractivity contribution >= 4 is 5.96 Å². The Labute approximate surface area is 160 Å². The van der Waals surface area contributed by atoms with E-state index in [1.54, 1.807) is 0 Å². The van der Waals surface area contributed by atoms with Crippen molar-refractivity contribution in [2.75, 3.05) is 40.4 Å². The highest BCUT2D eigenvalue weighted by Gasteiger charge is 2.58. The van der Waals surface area contributed by atoms with E-state index in [9.17, 15) is 0 Å². The van der Waals surface area contributed by atoms with Gasteiger partial charge in [-0.1, -0.05) is 13.8 Å². The summed E-state index contributed by atoms with van der Waals surface area (Å²) in [5.74, 6) is 0.919. The van der Waals surface area contributed by atoms with E-state index in [-0.39, 0.29) is 11.0 Å². The highest BCUT2D eigenvalue weighted by Crippen LogP contribution is 2.51. The normalized spacial score (nSPS) is 30.3. The van der Waals surface area contributed by atoms with Crippen molar-refractivity contribution in [3.63, 3.8) is 0 Å². The third kappa shape index (κ3) is 4.90. The summed E-state index contributed by atoms with van der Waals surface area (Å²) in [6.45, 7) is 15.0. The molecule has 1 saturated heterocycles. The first-order valence-corrected chi connectivity index (χ1v) is 10.1. The fourth-order valence-corrected chi connectivity index (χ4v) is 3.97. The Morgan fingerprint density at radius 2 is 1.85 bits per heavy atom. The Morgan fingerprint density at radius 3 is 2.35 bits per heavy atom. The summed E-state index contributed by atoms with van der Waals surface area (Å²) in [6.07, 6.45) is 3.61. The molecule has 0 aromatic heterocycles. The number of nitrogens with zero attached hydrogens (tertiary/aromatic N) is 2. The molecule has 6 nitrogen and oxygen atoms in total. The number of guanidine groups is 1. The second-order valence-corrected chi connectivity index (χ2v) is 8.81. The molecule has 2 N–H and O–H groups in total. The minimum Gasteiger partial charge on any atom is -0.378 e. The third-order valence-corrected chi connectivity index (χ3v) is 6.60. The van der Waals surface area contributed by atoms with Gasteiger partial charge in [-0.15, -0.1) is 0 Å². The van der Waals surface area contributed by atoms with Gasteiger partial charge >= 0.3 is 0 Å². The topological polar surface area (TPSA) is 58.1 Å². The quantitative estimate of drug-likeness (QED) is 0.533. The van der Waals surface area contributed by atoms with Gasteiger partial charge in [-0.3, -0.25) is 4.99 Å². The second-order valence-electron chi connectivity index (χ2n) is 8.81. The molecule has 26 heavy (non-hydrogen) atoms. The Hall–Kier alpha value is -0.850. The second kappa shape index (κ2) is 8.89. The van der Waals surface area contributed by atoms with E-state index in [1.807, 2.05) is 14.2 Å². The smallest absolute Gasteiger partial charge is 0.191 e. The van der Waals surface area contributed by atoms with E-state index in [4.69, 9.17) is 9.47 Å². The lowest BCUT2D eigenvalue weighted by atomic mass is 9.56. The van der Waals surface area contributed by atoms with Crippen LogP contribution >= 0.6 is 0 Å². The fraction of sp³-hybridized carbons (Fsp3) is 0.950. The van der Waals surface area contributed by atoms with Crippen molar-refractivity contribution in [2.24, 2.45) is 10.4 Å². The molecule has 6 heteroatoms. The zero-order chi connectivity index (χ0) is 19.4. The minimum absolute atomic E-state index is 0.0626. The summed E-state index contributed by atoms with van der Waals surface area (Å²) in [6, 6.07) is 0.868. The molecular weight excluding hydrogens is 328 g/mol. The first-order chi connectivity index (χ1) is 12.2. The number of aliphatic imine (C=N–C) groups is 1. The lowest BCUT2D eigenvalue weighted by Gasteiger charge is -2.59. The molecule has 1 heterocycles. The molecule has 1 aliphatic carbocycles. The molecule has 2 atom stereocenters. The molecule has 2 unspecified atom stereocenters. The summed E-state index contributed by atoms with van der Waals surface area (Å²) in [4.78, 5) is 6.95. The molecular formula is C20H40N4O2. The number of ether oxygens (including phenoxy) is 2. The van der Waals surface area contributed by atoms with Crippen molar-refractivity contribution in [1.29, 1.82) is 0 Å². The molecule has 0 aromatic carbocycles. The zero-order valence-corrected chi connectivity index (χ0v) is 17.9. The third-order valence-electron chi connectivity index (χ3n) is 6.60. The Balaban J connectivity index is 1.73. The highest BCUT2D eigenvalue weighted by atomic mass is 16.5. The van der Waals surface area contributed by atoms with Crippen LogP contribution in [0.5, 0.6) is 0 Å². The fourth-order valence-electron chi connectivity index (χ4n) is 3.97. The number of rotatable bonds is 7. The maximum atomic E-state index is 5.73. The number of methoxy groups -OCH3 is 1. The molecule has 0 radical (unpaired) electrons. The summed E-state index contributed by atoms with van der Waals surface area (Å²) >= 11 is 0. The maximum absolute atomic E-state index is 5.73. The predicted octanol–water partition coefficient (Wildman–Crippen LogP) is 2.24. The van der Waals surface area contributed by atoms with E-state index in [1.165, 1.54) is 0 Å². The van der Waals surface area contributed by atoms with Crippen molar-refractivity contribution in [1.82, 2.24) is 15.5 Å². The SMILES string of the molecule is CN=C(NC1CCN(CCOC(C)C)CC1)NC1CC(C)(OC)C1(C)C. The molecule has 2 aliphatic rings. The molecule has 2 rings (SSSR count). The zero-order valence-electron chi connectivity index (χ0n) is 17.9. The van der Waals surface area contributed by atoms with Crippen molar-refractivity contribution in [3.8, 4) is 0 Å². The van der Waals surface area contributed by atoms with Gasteiger partial charge in [0.2, 0.25) is 0 Å². The molecule has 0 aromatic rings. The standard InChI is InChI=1S/C20H40N4O2/c1-15(2)26-13-12-24-10-8-16(9-11-24)22-18(21-6)23-17-14-20(5,25-7)19(17,3)4/h15-17H,8-14H2,1-7H3,(H2,21,22,23). The van der Waals surface area contributed by atoms with Crippen LogP contribution in [-0.4, -0.2) is 75.0 Å². The van der Waals surface area contributed by atoms with Gasteiger partial charge in [-0.2, -0.15) is 0 Å². The molecule has 1 aliphatic heterocycles. The predicted molar refractivity (Wildman–Crippen MR) is 108 cm³/mol. The molecule has 0 bridgehead atoms. The molecule has 152 valence electrons. The first-order valence-electron chi connectivity index (χ1n) is 10.1. The van der Waals surface area contributed by atoms with Crippen LogP contribution in [0.4, 0.5) is 0 Å². The van der Waals surface area contributed by atoms with Crippen LogP contribution in [-0.2, 0) is 9.47 Å². The van der Waals surface area contributed by atoms with Crippen molar-refractivity contribution in [3.05, 3.63) is 0 Å². The van der Waals surface area contributed by atoms with Crippen LogP contribution in [0.3, 0.4) is 0 Å². The molecule has 0 amide bonds. The Morgan fingerprint density at radius 1 is 1.19 bits per heavy atom. The van der Waals surface area contributed by atoms with Crippen LogP contribution < -0.4 is 10.6 Å². The Kier molecular flexibility index (Phi) is 7.34. The largest absolute Gasteiger partial charge is 0.378 e. The van der Waals surface area contributed by atoms with Crippen LogP contribution in [0, 0.1) is 5.41 Å². The van der Waals surface area contributed by atoms with Gasteiger partial charge in [0.15, 0.2) is 5.96 Å². The molecule has 2 fully saturated rings. The lowest BCUT2D eigenvalue weighted by molar-refractivity contribution is -0.176. The number of nitrogens with one attached hydrogen (secondary N) is 2. The average Bonchev–Trinajstić information content (AvgIpc) is 2.61. The van der Waals surface area contributed by atoms with Gasteiger partial charge in [0, 0.05) is 51.3 Å². The lowest BCUT2D eigenvalue weighted by Crippen LogP contribution is -2.69. The highest BCUT2D eigenvalue weighted by molar-refractivity contribution is 5.80. The van der Waals surface area contributed by atoms with E-state index < -0.39 is 0 Å². The van der Waals surface area contributed by atoms with Gasteiger partial charge in [0.05, 0.1) is 18.3 Å². The summed E-state index contributed by atoms with van der Waals surface area (Å²) in [5, 5.41) is 7.24. The summed E-state index contributed by atoms with van der Waals surface area (Å²) in [5.41, 5.74) is 0.0199. The molecule has 0 spiro atoms. The van der Waals surface area contributed by atoms with E-state index in [0.717, 1.165) is 51.5 Å².